The van der Waals surface area contributed by atoms with Crippen LogP contribution >= 0.6 is 11.6 Å². The lowest BCUT2D eigenvalue weighted by atomic mass is 10.2. The third-order valence-electron chi connectivity index (χ3n) is 3.52. The quantitative estimate of drug-likeness (QED) is 0.613. The number of nitrogens with one attached hydrogen (secondary N) is 1. The van der Waals surface area contributed by atoms with Crippen molar-refractivity contribution in [3.63, 3.8) is 0 Å². The Bertz CT molecular complexity index is 972. The zero-order valence-corrected chi connectivity index (χ0v) is 15.6. The van der Waals surface area contributed by atoms with Crippen molar-refractivity contribution >= 4 is 29.4 Å². The number of rotatable bonds is 6. The van der Waals surface area contributed by atoms with Crippen LogP contribution in [0.4, 0.5) is 10.5 Å². The predicted molar refractivity (Wildman–Crippen MR) is 101 cm³/mol. The van der Waals surface area contributed by atoms with E-state index in [4.69, 9.17) is 25.6 Å². The van der Waals surface area contributed by atoms with E-state index in [-0.39, 0.29) is 24.7 Å². The van der Waals surface area contributed by atoms with Crippen LogP contribution in [0.25, 0.3) is 11.4 Å². The van der Waals surface area contributed by atoms with Gasteiger partial charge in [0.1, 0.15) is 0 Å². The van der Waals surface area contributed by atoms with Gasteiger partial charge in [0.15, 0.2) is 6.61 Å². The highest BCUT2D eigenvalue weighted by molar-refractivity contribution is 6.30. The molecule has 3 rings (SSSR count). The summed E-state index contributed by atoms with van der Waals surface area (Å²) in [6.07, 6.45) is -0.603. The number of hydrogen-bond donors (Lipinski definition) is 1. The first-order valence-electron chi connectivity index (χ1n) is 8.34. The smallest absolute Gasteiger partial charge is 0.411 e. The molecule has 1 heterocycles. The molecule has 0 atom stereocenters. The third-order valence-corrected chi connectivity index (χ3v) is 3.77. The molecule has 144 valence electrons. The summed E-state index contributed by atoms with van der Waals surface area (Å²) in [7, 11) is 0. The van der Waals surface area contributed by atoms with Crippen LogP contribution in [0.2, 0.25) is 5.02 Å². The molecule has 28 heavy (non-hydrogen) atoms. The van der Waals surface area contributed by atoms with Crippen molar-refractivity contribution in [3.05, 3.63) is 65.0 Å². The SMILES string of the molecule is CCOC(=O)Nc1cccc(C(=O)OCc2nc(-c3ccc(Cl)cc3)no2)c1. The topological polar surface area (TPSA) is 104 Å². The lowest BCUT2D eigenvalue weighted by Gasteiger charge is -2.07. The summed E-state index contributed by atoms with van der Waals surface area (Å²) in [6.45, 7) is 1.76. The van der Waals surface area contributed by atoms with E-state index in [1.54, 1.807) is 49.4 Å². The van der Waals surface area contributed by atoms with Crippen LogP contribution in [0.5, 0.6) is 0 Å². The number of carbonyl (C=O) groups excluding carboxylic acids is 2. The van der Waals surface area contributed by atoms with Gasteiger partial charge >= 0.3 is 12.1 Å². The Morgan fingerprint density at radius 3 is 2.68 bits per heavy atom. The van der Waals surface area contributed by atoms with E-state index in [9.17, 15) is 9.59 Å². The van der Waals surface area contributed by atoms with Gasteiger partial charge < -0.3 is 14.0 Å². The number of carbonyl (C=O) groups is 2. The number of esters is 1. The average molecular weight is 402 g/mol. The van der Waals surface area contributed by atoms with Gasteiger partial charge in [0.05, 0.1) is 12.2 Å². The number of ether oxygens (including phenoxy) is 2. The Balaban J connectivity index is 1.60. The lowest BCUT2D eigenvalue weighted by molar-refractivity contribution is 0.0430. The maximum absolute atomic E-state index is 12.2. The van der Waals surface area contributed by atoms with Crippen LogP contribution < -0.4 is 5.32 Å². The van der Waals surface area contributed by atoms with Gasteiger partial charge in [-0.15, -0.1) is 0 Å². The fraction of sp³-hybridized carbons (Fsp3) is 0.158. The summed E-state index contributed by atoms with van der Waals surface area (Å²) >= 11 is 5.85. The largest absolute Gasteiger partial charge is 0.452 e. The number of aromatic nitrogens is 2. The summed E-state index contributed by atoms with van der Waals surface area (Å²) in [5, 5.41) is 6.97. The molecule has 0 aliphatic rings. The first kappa shape index (κ1) is 19.4. The van der Waals surface area contributed by atoms with Crippen LogP contribution in [0.1, 0.15) is 23.2 Å². The maximum atomic E-state index is 12.2. The fourth-order valence-corrected chi connectivity index (χ4v) is 2.38. The van der Waals surface area contributed by atoms with E-state index < -0.39 is 12.1 Å². The molecule has 0 spiro atoms. The zero-order chi connectivity index (χ0) is 19.9. The van der Waals surface area contributed by atoms with Crippen molar-refractivity contribution in [2.75, 3.05) is 11.9 Å². The number of hydrogen-bond acceptors (Lipinski definition) is 7. The second-order valence-corrected chi connectivity index (χ2v) is 5.96. The summed E-state index contributed by atoms with van der Waals surface area (Å²) in [5.74, 6) is -0.0822. The third kappa shape index (κ3) is 5.08. The summed E-state index contributed by atoms with van der Waals surface area (Å²) in [5.41, 5.74) is 1.39. The minimum Gasteiger partial charge on any atom is -0.452 e. The second-order valence-electron chi connectivity index (χ2n) is 5.52. The molecule has 2 aromatic carbocycles. The highest BCUT2D eigenvalue weighted by Crippen LogP contribution is 2.19. The highest BCUT2D eigenvalue weighted by Gasteiger charge is 2.13. The molecule has 0 saturated carbocycles. The Kier molecular flexibility index (Phi) is 6.23. The Labute approximate surface area is 165 Å². The first-order valence-corrected chi connectivity index (χ1v) is 8.72. The van der Waals surface area contributed by atoms with E-state index in [1.165, 1.54) is 6.07 Å². The van der Waals surface area contributed by atoms with Gasteiger partial charge in [-0.3, -0.25) is 5.32 Å². The summed E-state index contributed by atoms with van der Waals surface area (Å²) < 4.78 is 15.1. The van der Waals surface area contributed by atoms with Crippen molar-refractivity contribution in [2.24, 2.45) is 0 Å². The van der Waals surface area contributed by atoms with Crippen molar-refractivity contribution in [1.29, 1.82) is 0 Å². The molecule has 3 aromatic rings. The van der Waals surface area contributed by atoms with Crippen LogP contribution in [-0.4, -0.2) is 28.8 Å². The maximum Gasteiger partial charge on any atom is 0.411 e. The van der Waals surface area contributed by atoms with Crippen molar-refractivity contribution in [1.82, 2.24) is 10.1 Å². The van der Waals surface area contributed by atoms with Gasteiger partial charge in [0, 0.05) is 16.3 Å². The van der Waals surface area contributed by atoms with E-state index in [1.807, 2.05) is 0 Å². The van der Waals surface area contributed by atoms with Gasteiger partial charge in [-0.25, -0.2) is 9.59 Å². The van der Waals surface area contributed by atoms with Crippen molar-refractivity contribution in [2.45, 2.75) is 13.5 Å². The predicted octanol–water partition coefficient (Wildman–Crippen LogP) is 4.32. The van der Waals surface area contributed by atoms with E-state index >= 15 is 0 Å². The molecule has 1 aromatic heterocycles. The fourth-order valence-electron chi connectivity index (χ4n) is 2.25. The Hall–Kier alpha value is -3.39. The molecular weight excluding hydrogens is 386 g/mol. The van der Waals surface area contributed by atoms with Gasteiger partial charge in [-0.05, 0) is 49.4 Å². The number of anilines is 1. The molecule has 0 unspecified atom stereocenters. The number of nitrogens with zero attached hydrogens (tertiary/aromatic N) is 2. The van der Waals surface area contributed by atoms with Crippen LogP contribution in [0.3, 0.4) is 0 Å². The van der Waals surface area contributed by atoms with Crippen LogP contribution in [0, 0.1) is 0 Å². The number of benzene rings is 2. The molecule has 8 nitrogen and oxygen atoms in total. The zero-order valence-electron chi connectivity index (χ0n) is 14.8. The average Bonchev–Trinajstić information content (AvgIpc) is 3.16. The van der Waals surface area contributed by atoms with Gasteiger partial charge in [-0.1, -0.05) is 22.8 Å². The van der Waals surface area contributed by atoms with Crippen molar-refractivity contribution in [3.8, 4) is 11.4 Å². The minimum atomic E-state index is -0.603. The molecule has 0 bridgehead atoms. The molecule has 0 radical (unpaired) electrons. The lowest BCUT2D eigenvalue weighted by Crippen LogP contribution is -2.14. The van der Waals surface area contributed by atoms with Gasteiger partial charge in [0.25, 0.3) is 5.89 Å². The molecule has 1 amide bonds. The van der Waals surface area contributed by atoms with Gasteiger partial charge in [-0.2, -0.15) is 4.98 Å². The minimum absolute atomic E-state index is 0.152. The standard InChI is InChI=1S/C19H16ClN3O5/c1-2-26-19(25)21-15-5-3-4-13(10-15)18(24)27-11-16-22-17(23-28-16)12-6-8-14(20)9-7-12/h3-10H,2,11H2,1H3,(H,21,25). The Morgan fingerprint density at radius 1 is 1.14 bits per heavy atom. The van der Waals surface area contributed by atoms with Crippen LogP contribution in [-0.2, 0) is 16.1 Å². The Morgan fingerprint density at radius 2 is 1.93 bits per heavy atom. The molecule has 1 N–H and O–H groups in total. The molecule has 0 aliphatic heterocycles. The molecule has 0 fully saturated rings. The summed E-state index contributed by atoms with van der Waals surface area (Å²) in [4.78, 5) is 27.9. The monoisotopic (exact) mass is 401 g/mol. The van der Waals surface area contributed by atoms with E-state index in [0.29, 0.717) is 16.5 Å². The number of amides is 1. The first-order chi connectivity index (χ1) is 13.5. The van der Waals surface area contributed by atoms with Crippen molar-refractivity contribution < 1.29 is 23.6 Å². The normalized spacial score (nSPS) is 10.4. The van der Waals surface area contributed by atoms with Gasteiger partial charge in [0.2, 0.25) is 5.82 Å². The summed E-state index contributed by atoms with van der Waals surface area (Å²) in [6, 6.07) is 13.2. The molecule has 0 saturated heterocycles. The van der Waals surface area contributed by atoms with Crippen LogP contribution in [0.15, 0.2) is 53.1 Å². The number of halogens is 1. The molecule has 0 aliphatic carbocycles. The highest BCUT2D eigenvalue weighted by atomic mass is 35.5. The van der Waals surface area contributed by atoms with E-state index in [0.717, 1.165) is 5.56 Å². The second kappa shape index (κ2) is 9.01. The molecule has 9 heteroatoms. The molecular formula is C19H16ClN3O5. The van der Waals surface area contributed by atoms with E-state index in [2.05, 4.69) is 15.5 Å².